The van der Waals surface area contributed by atoms with E-state index in [1.807, 2.05) is 0 Å². The number of amides is 1. The second-order valence-corrected chi connectivity index (χ2v) is 6.16. The number of halogens is 1. The number of ether oxygens (including phenoxy) is 1. The van der Waals surface area contributed by atoms with Crippen LogP contribution < -0.4 is 0 Å². The van der Waals surface area contributed by atoms with Crippen LogP contribution in [0, 0.1) is 5.82 Å². The number of nitrogens with zero attached hydrogens (tertiary/aromatic N) is 1. The van der Waals surface area contributed by atoms with Crippen LogP contribution in [0.3, 0.4) is 0 Å². The van der Waals surface area contributed by atoms with Crippen LogP contribution in [0.1, 0.15) is 9.67 Å². The fourth-order valence-electron chi connectivity index (χ4n) is 2.45. The van der Waals surface area contributed by atoms with Crippen molar-refractivity contribution in [1.82, 2.24) is 4.90 Å². The number of benzene rings is 1. The van der Waals surface area contributed by atoms with E-state index in [4.69, 9.17) is 4.74 Å². The topological polar surface area (TPSA) is 66.8 Å². The highest BCUT2D eigenvalue weighted by atomic mass is 32.1. The first kappa shape index (κ1) is 15.6. The number of carbonyl (C=O) groups is 2. The van der Waals surface area contributed by atoms with Crippen LogP contribution in [0.25, 0.3) is 10.4 Å². The number of morpholine rings is 1. The highest BCUT2D eigenvalue weighted by Crippen LogP contribution is 2.31. The number of carboxylic acid groups (broad SMARTS) is 1. The second kappa shape index (κ2) is 6.47. The molecule has 1 amide bonds. The van der Waals surface area contributed by atoms with Gasteiger partial charge < -0.3 is 14.7 Å². The summed E-state index contributed by atoms with van der Waals surface area (Å²) in [6, 6.07) is 8.61. The standard InChI is InChI=1S/C16H14FNO4S/c17-11-4-2-1-3-10(11)13-5-6-14(23-13)15(19)18-7-8-22-9-12(18)16(20)21/h1-6,12H,7-9H2,(H,20,21)/t12-/m1/s1. The summed E-state index contributed by atoms with van der Waals surface area (Å²) in [5.41, 5.74) is 0.424. The molecule has 120 valence electrons. The van der Waals surface area contributed by atoms with Gasteiger partial charge in [0, 0.05) is 17.0 Å². The van der Waals surface area contributed by atoms with Crippen molar-refractivity contribution in [3.8, 4) is 10.4 Å². The molecule has 2 heterocycles. The molecule has 0 bridgehead atoms. The minimum atomic E-state index is -1.09. The van der Waals surface area contributed by atoms with Crippen LogP contribution in [-0.2, 0) is 9.53 Å². The third kappa shape index (κ3) is 3.11. The zero-order valence-electron chi connectivity index (χ0n) is 12.1. The van der Waals surface area contributed by atoms with E-state index in [1.165, 1.54) is 11.0 Å². The van der Waals surface area contributed by atoms with E-state index in [1.54, 1.807) is 30.3 Å². The van der Waals surface area contributed by atoms with E-state index in [0.29, 0.717) is 21.9 Å². The summed E-state index contributed by atoms with van der Waals surface area (Å²) in [5.74, 6) is -1.82. The summed E-state index contributed by atoms with van der Waals surface area (Å²) in [7, 11) is 0. The summed E-state index contributed by atoms with van der Waals surface area (Å²) in [4.78, 5) is 26.1. The Morgan fingerprint density at radius 1 is 1.26 bits per heavy atom. The van der Waals surface area contributed by atoms with Crippen molar-refractivity contribution in [3.63, 3.8) is 0 Å². The molecule has 1 aromatic heterocycles. The van der Waals surface area contributed by atoms with Gasteiger partial charge in [0.05, 0.1) is 18.1 Å². The molecule has 23 heavy (non-hydrogen) atoms. The van der Waals surface area contributed by atoms with Crippen molar-refractivity contribution in [2.75, 3.05) is 19.8 Å². The van der Waals surface area contributed by atoms with Gasteiger partial charge in [-0.2, -0.15) is 0 Å². The molecule has 0 aliphatic carbocycles. The van der Waals surface area contributed by atoms with Crippen LogP contribution in [0.5, 0.6) is 0 Å². The van der Waals surface area contributed by atoms with Crippen molar-refractivity contribution in [3.05, 3.63) is 47.1 Å². The molecule has 1 aliphatic rings. The molecule has 7 heteroatoms. The number of hydrogen-bond donors (Lipinski definition) is 1. The van der Waals surface area contributed by atoms with E-state index >= 15 is 0 Å². The molecule has 1 N–H and O–H groups in total. The molecule has 0 unspecified atom stereocenters. The van der Waals surface area contributed by atoms with Crippen molar-refractivity contribution < 1.29 is 23.8 Å². The summed E-state index contributed by atoms with van der Waals surface area (Å²) in [6.07, 6.45) is 0. The Hall–Kier alpha value is -2.25. The molecule has 1 aromatic carbocycles. The fourth-order valence-corrected chi connectivity index (χ4v) is 3.44. The molecule has 0 saturated carbocycles. The van der Waals surface area contributed by atoms with Crippen LogP contribution in [0.2, 0.25) is 0 Å². The van der Waals surface area contributed by atoms with E-state index < -0.39 is 12.0 Å². The molecular formula is C16H14FNO4S. The second-order valence-electron chi connectivity index (χ2n) is 5.07. The normalized spacial score (nSPS) is 18.0. The van der Waals surface area contributed by atoms with Gasteiger partial charge in [0.1, 0.15) is 5.82 Å². The van der Waals surface area contributed by atoms with Gasteiger partial charge in [0.15, 0.2) is 6.04 Å². The number of aliphatic carboxylic acids is 1. The Balaban J connectivity index is 1.86. The minimum Gasteiger partial charge on any atom is -0.480 e. The van der Waals surface area contributed by atoms with Gasteiger partial charge in [-0.15, -0.1) is 11.3 Å². The maximum atomic E-state index is 13.8. The van der Waals surface area contributed by atoms with E-state index in [2.05, 4.69) is 0 Å². The summed E-state index contributed by atoms with van der Waals surface area (Å²) in [5, 5.41) is 9.20. The van der Waals surface area contributed by atoms with Gasteiger partial charge >= 0.3 is 5.97 Å². The number of rotatable bonds is 3. The molecule has 1 fully saturated rings. The first-order chi connectivity index (χ1) is 11.1. The molecule has 0 spiro atoms. The summed E-state index contributed by atoms with van der Waals surface area (Å²) in [6.45, 7) is 0.510. The maximum absolute atomic E-state index is 13.8. The van der Waals surface area contributed by atoms with E-state index in [-0.39, 0.29) is 24.9 Å². The third-order valence-corrected chi connectivity index (χ3v) is 4.74. The SMILES string of the molecule is O=C(O)[C@H]1COCCN1C(=O)c1ccc(-c2ccccc2F)s1. The molecule has 3 rings (SSSR count). The summed E-state index contributed by atoms with van der Waals surface area (Å²) >= 11 is 1.15. The molecule has 1 aliphatic heterocycles. The van der Waals surface area contributed by atoms with Crippen LogP contribution in [-0.4, -0.2) is 47.7 Å². The zero-order chi connectivity index (χ0) is 16.4. The van der Waals surface area contributed by atoms with Gasteiger partial charge in [-0.25, -0.2) is 9.18 Å². The molecule has 2 aromatic rings. The number of carboxylic acids is 1. The van der Waals surface area contributed by atoms with Gasteiger partial charge in [0.2, 0.25) is 0 Å². The Kier molecular flexibility index (Phi) is 4.40. The summed E-state index contributed by atoms with van der Waals surface area (Å²) < 4.78 is 19.0. The average molecular weight is 335 g/mol. The zero-order valence-corrected chi connectivity index (χ0v) is 12.9. The fraction of sp³-hybridized carbons (Fsp3) is 0.250. The lowest BCUT2D eigenvalue weighted by molar-refractivity contribution is -0.147. The lowest BCUT2D eigenvalue weighted by Gasteiger charge is -2.32. The van der Waals surface area contributed by atoms with E-state index in [9.17, 15) is 19.1 Å². The molecule has 1 saturated heterocycles. The number of hydrogen-bond acceptors (Lipinski definition) is 4. The van der Waals surface area contributed by atoms with Crippen molar-refractivity contribution >= 4 is 23.2 Å². The largest absolute Gasteiger partial charge is 0.480 e. The lowest BCUT2D eigenvalue weighted by atomic mass is 10.2. The molecular weight excluding hydrogens is 321 g/mol. The number of thiophene rings is 1. The van der Waals surface area contributed by atoms with Crippen molar-refractivity contribution in [2.45, 2.75) is 6.04 Å². The molecule has 5 nitrogen and oxygen atoms in total. The van der Waals surface area contributed by atoms with Gasteiger partial charge in [-0.1, -0.05) is 18.2 Å². The third-order valence-electron chi connectivity index (χ3n) is 3.63. The minimum absolute atomic E-state index is 0.0212. The molecule has 1 atom stereocenters. The van der Waals surface area contributed by atoms with Gasteiger partial charge in [0.25, 0.3) is 5.91 Å². The number of carbonyl (C=O) groups excluding carboxylic acids is 1. The predicted octanol–water partition coefficient (Wildman–Crippen LogP) is 2.48. The highest BCUT2D eigenvalue weighted by molar-refractivity contribution is 7.17. The van der Waals surface area contributed by atoms with Crippen molar-refractivity contribution in [1.29, 1.82) is 0 Å². The first-order valence-corrected chi connectivity index (χ1v) is 7.86. The van der Waals surface area contributed by atoms with E-state index in [0.717, 1.165) is 11.3 Å². The smallest absolute Gasteiger partial charge is 0.328 e. The first-order valence-electron chi connectivity index (χ1n) is 7.04. The quantitative estimate of drug-likeness (QED) is 0.936. The maximum Gasteiger partial charge on any atom is 0.328 e. The van der Waals surface area contributed by atoms with Gasteiger partial charge in [-0.3, -0.25) is 4.79 Å². The van der Waals surface area contributed by atoms with Gasteiger partial charge in [-0.05, 0) is 18.2 Å². The monoisotopic (exact) mass is 335 g/mol. The Morgan fingerprint density at radius 3 is 2.78 bits per heavy atom. The lowest BCUT2D eigenvalue weighted by Crippen LogP contribution is -2.52. The molecule has 0 radical (unpaired) electrons. The van der Waals surface area contributed by atoms with Crippen LogP contribution in [0.4, 0.5) is 4.39 Å². The van der Waals surface area contributed by atoms with Crippen LogP contribution >= 0.6 is 11.3 Å². The Bertz CT molecular complexity index is 745. The highest BCUT2D eigenvalue weighted by Gasteiger charge is 2.33. The van der Waals surface area contributed by atoms with Crippen molar-refractivity contribution in [2.24, 2.45) is 0 Å². The average Bonchev–Trinajstić information content (AvgIpc) is 3.04. The Labute approximate surface area is 135 Å². The Morgan fingerprint density at radius 2 is 2.04 bits per heavy atom. The van der Waals surface area contributed by atoms with Crippen LogP contribution in [0.15, 0.2) is 36.4 Å². The predicted molar refractivity (Wildman–Crippen MR) is 83.0 cm³/mol.